The molecule has 0 amide bonds. The van der Waals surface area contributed by atoms with Gasteiger partial charge in [-0.25, -0.2) is 0 Å². The Labute approximate surface area is 88.6 Å². The summed E-state index contributed by atoms with van der Waals surface area (Å²) in [6, 6.07) is 0. The molecular weight excluding hydrogens is 196 g/mol. The van der Waals surface area contributed by atoms with E-state index in [4.69, 9.17) is 0 Å². The molecule has 0 saturated carbocycles. The number of rotatable bonds is 3. The Balaban J connectivity index is 2.84. The summed E-state index contributed by atoms with van der Waals surface area (Å²) >= 11 is 0. The van der Waals surface area contributed by atoms with Gasteiger partial charge >= 0.3 is 11.9 Å². The number of carbonyl (C=O) groups excluding carboxylic acids is 2. The van der Waals surface area contributed by atoms with Gasteiger partial charge in [-0.3, -0.25) is 9.59 Å². The lowest BCUT2D eigenvalue weighted by atomic mass is 9.89. The molecule has 4 heteroatoms. The van der Waals surface area contributed by atoms with Crippen molar-refractivity contribution >= 4 is 11.9 Å². The van der Waals surface area contributed by atoms with Gasteiger partial charge in [-0.05, 0) is 6.42 Å². The zero-order chi connectivity index (χ0) is 11.3. The molecule has 0 radical (unpaired) electrons. The summed E-state index contributed by atoms with van der Waals surface area (Å²) in [7, 11) is 2.52. The lowest BCUT2D eigenvalue weighted by molar-refractivity contribution is -0.159. The van der Waals surface area contributed by atoms with Gasteiger partial charge < -0.3 is 9.47 Å². The summed E-state index contributed by atoms with van der Waals surface area (Å²) in [6.07, 6.45) is 8.27. The number of carbonyl (C=O) groups is 2. The van der Waals surface area contributed by atoms with Gasteiger partial charge in [-0.15, -0.1) is 0 Å². The van der Waals surface area contributed by atoms with E-state index in [1.54, 1.807) is 0 Å². The molecule has 0 unspecified atom stereocenters. The van der Waals surface area contributed by atoms with Crippen LogP contribution in [0.15, 0.2) is 24.3 Å². The number of hydrogen-bond donors (Lipinski definition) is 0. The van der Waals surface area contributed by atoms with Crippen LogP contribution >= 0.6 is 0 Å². The Bertz CT molecular complexity index is 276. The van der Waals surface area contributed by atoms with Gasteiger partial charge in [0.05, 0.1) is 14.2 Å². The Morgan fingerprint density at radius 3 is 2.00 bits per heavy atom. The predicted octanol–water partition coefficient (Wildman–Crippen LogP) is 1.08. The fourth-order valence-corrected chi connectivity index (χ4v) is 1.50. The Morgan fingerprint density at radius 2 is 1.60 bits per heavy atom. The molecule has 0 saturated heterocycles. The van der Waals surface area contributed by atoms with Crippen LogP contribution in [0.4, 0.5) is 0 Å². The fourth-order valence-electron chi connectivity index (χ4n) is 1.50. The van der Waals surface area contributed by atoms with Gasteiger partial charge in [0, 0.05) is 5.92 Å². The van der Waals surface area contributed by atoms with Crippen molar-refractivity contribution in [1.29, 1.82) is 0 Å². The number of hydrogen-bond acceptors (Lipinski definition) is 4. The molecule has 0 bridgehead atoms. The number of allylic oxidation sites excluding steroid dienone is 4. The average molecular weight is 210 g/mol. The van der Waals surface area contributed by atoms with Crippen molar-refractivity contribution in [2.24, 2.45) is 11.8 Å². The zero-order valence-electron chi connectivity index (χ0n) is 8.80. The summed E-state index contributed by atoms with van der Waals surface area (Å²) < 4.78 is 9.16. The molecule has 1 aliphatic rings. The fraction of sp³-hybridized carbons (Fsp3) is 0.455. The number of methoxy groups -OCH3 is 2. The predicted molar refractivity (Wildman–Crippen MR) is 53.9 cm³/mol. The second-order valence-electron chi connectivity index (χ2n) is 3.19. The van der Waals surface area contributed by atoms with Crippen molar-refractivity contribution < 1.29 is 19.1 Å². The summed E-state index contributed by atoms with van der Waals surface area (Å²) in [5.74, 6) is -2.29. The molecule has 1 aliphatic carbocycles. The Morgan fingerprint density at radius 1 is 1.13 bits per heavy atom. The highest BCUT2D eigenvalue weighted by Gasteiger charge is 2.34. The van der Waals surface area contributed by atoms with Crippen LogP contribution in [-0.4, -0.2) is 26.2 Å². The molecule has 4 nitrogen and oxygen atoms in total. The summed E-state index contributed by atoms with van der Waals surface area (Å²) in [5, 5.41) is 0. The van der Waals surface area contributed by atoms with Crippen LogP contribution in [0.25, 0.3) is 0 Å². The second-order valence-corrected chi connectivity index (χ2v) is 3.19. The monoisotopic (exact) mass is 210 g/mol. The molecule has 0 aromatic heterocycles. The SMILES string of the molecule is COC(=O)C(C(=O)OC)C1C=CCC=C1. The first kappa shape index (κ1) is 11.5. The van der Waals surface area contributed by atoms with Crippen LogP contribution in [0.3, 0.4) is 0 Å². The quantitative estimate of drug-likeness (QED) is 0.397. The topological polar surface area (TPSA) is 52.6 Å². The summed E-state index contributed by atoms with van der Waals surface area (Å²) in [4.78, 5) is 22.8. The van der Waals surface area contributed by atoms with Gasteiger partial charge in [0.25, 0.3) is 0 Å². The van der Waals surface area contributed by atoms with Gasteiger partial charge in [0.2, 0.25) is 0 Å². The van der Waals surface area contributed by atoms with Gasteiger partial charge in [0.1, 0.15) is 0 Å². The minimum Gasteiger partial charge on any atom is -0.468 e. The molecule has 0 aliphatic heterocycles. The van der Waals surface area contributed by atoms with E-state index in [1.165, 1.54) is 14.2 Å². The van der Waals surface area contributed by atoms with E-state index in [9.17, 15) is 9.59 Å². The number of esters is 2. The molecule has 82 valence electrons. The highest BCUT2D eigenvalue weighted by molar-refractivity contribution is 5.95. The maximum Gasteiger partial charge on any atom is 0.320 e. The molecule has 0 spiro atoms. The van der Waals surface area contributed by atoms with E-state index in [0.29, 0.717) is 0 Å². The smallest absolute Gasteiger partial charge is 0.320 e. The maximum atomic E-state index is 11.4. The van der Waals surface area contributed by atoms with Crippen molar-refractivity contribution in [2.45, 2.75) is 6.42 Å². The standard InChI is InChI=1S/C11H14O4/c1-14-10(12)9(11(13)15-2)8-6-4-3-5-7-8/h4-9H,3H2,1-2H3. The molecule has 1 rings (SSSR count). The molecule has 0 aromatic carbocycles. The molecule has 0 fully saturated rings. The first-order chi connectivity index (χ1) is 7.20. The van der Waals surface area contributed by atoms with Gasteiger partial charge in [0.15, 0.2) is 5.92 Å². The number of ether oxygens (including phenoxy) is 2. The highest BCUT2D eigenvalue weighted by Crippen LogP contribution is 2.21. The summed E-state index contributed by atoms with van der Waals surface area (Å²) in [5.41, 5.74) is 0. The normalized spacial score (nSPS) is 15.4. The minimum atomic E-state index is -0.896. The molecule has 0 heterocycles. The lowest BCUT2D eigenvalue weighted by Gasteiger charge is -2.18. The van der Waals surface area contributed by atoms with Crippen LogP contribution < -0.4 is 0 Å². The first-order valence-electron chi connectivity index (χ1n) is 4.69. The summed E-state index contributed by atoms with van der Waals surface area (Å²) in [6.45, 7) is 0. The molecule has 15 heavy (non-hydrogen) atoms. The van der Waals surface area contributed by atoms with E-state index in [1.807, 2.05) is 24.3 Å². The van der Waals surface area contributed by atoms with Crippen LogP contribution in [0, 0.1) is 11.8 Å². The largest absolute Gasteiger partial charge is 0.468 e. The van der Waals surface area contributed by atoms with E-state index in [2.05, 4.69) is 9.47 Å². The third-order valence-corrected chi connectivity index (χ3v) is 2.28. The molecule has 0 atom stereocenters. The van der Waals surface area contributed by atoms with E-state index < -0.39 is 17.9 Å². The van der Waals surface area contributed by atoms with E-state index in [-0.39, 0.29) is 5.92 Å². The van der Waals surface area contributed by atoms with E-state index >= 15 is 0 Å². The van der Waals surface area contributed by atoms with Crippen LogP contribution in [0.2, 0.25) is 0 Å². The van der Waals surface area contributed by atoms with Gasteiger partial charge in [-0.2, -0.15) is 0 Å². The van der Waals surface area contributed by atoms with Crippen molar-refractivity contribution in [3.63, 3.8) is 0 Å². The van der Waals surface area contributed by atoms with Crippen molar-refractivity contribution in [3.05, 3.63) is 24.3 Å². The highest BCUT2D eigenvalue weighted by atomic mass is 16.5. The van der Waals surface area contributed by atoms with Crippen molar-refractivity contribution in [3.8, 4) is 0 Å². The average Bonchev–Trinajstić information content (AvgIpc) is 2.30. The third-order valence-electron chi connectivity index (χ3n) is 2.28. The zero-order valence-corrected chi connectivity index (χ0v) is 8.80. The lowest BCUT2D eigenvalue weighted by Crippen LogP contribution is -2.32. The third kappa shape index (κ3) is 2.68. The van der Waals surface area contributed by atoms with Crippen LogP contribution in [0.5, 0.6) is 0 Å². The minimum absolute atomic E-state index is 0.265. The molecule has 0 N–H and O–H groups in total. The Hall–Kier alpha value is -1.58. The van der Waals surface area contributed by atoms with E-state index in [0.717, 1.165) is 6.42 Å². The molecular formula is C11H14O4. The van der Waals surface area contributed by atoms with Crippen molar-refractivity contribution in [2.75, 3.05) is 14.2 Å². The van der Waals surface area contributed by atoms with Crippen LogP contribution in [0.1, 0.15) is 6.42 Å². The first-order valence-corrected chi connectivity index (χ1v) is 4.69. The second kappa shape index (κ2) is 5.34. The van der Waals surface area contributed by atoms with Crippen molar-refractivity contribution in [1.82, 2.24) is 0 Å². The Kier molecular flexibility index (Phi) is 4.09. The van der Waals surface area contributed by atoms with Crippen LogP contribution in [-0.2, 0) is 19.1 Å². The van der Waals surface area contributed by atoms with Gasteiger partial charge in [-0.1, -0.05) is 24.3 Å². The molecule has 0 aromatic rings. The maximum absolute atomic E-state index is 11.4.